The van der Waals surface area contributed by atoms with Crippen molar-refractivity contribution in [2.45, 2.75) is 25.8 Å². The topological polar surface area (TPSA) is 45.1 Å². The molecule has 6 heteroatoms. The first-order chi connectivity index (χ1) is 14.1. The molecular weight excluding hydrogens is 386 g/mol. The van der Waals surface area contributed by atoms with E-state index in [0.29, 0.717) is 17.2 Å². The molecule has 3 aliphatic rings. The summed E-state index contributed by atoms with van der Waals surface area (Å²) in [6.45, 7) is 5.63. The highest BCUT2D eigenvalue weighted by Gasteiger charge is 2.28. The normalized spacial score (nSPS) is 21.4. The van der Waals surface area contributed by atoms with Gasteiger partial charge in [-0.05, 0) is 59.9 Å². The van der Waals surface area contributed by atoms with E-state index in [1.807, 2.05) is 12.1 Å². The monoisotopic (exact) mass is 411 g/mol. The zero-order valence-corrected chi connectivity index (χ0v) is 17.7. The summed E-state index contributed by atoms with van der Waals surface area (Å²) in [5.74, 6) is 1.70. The van der Waals surface area contributed by atoms with Crippen LogP contribution in [0.5, 0.6) is 5.75 Å². The number of ether oxygens (including phenoxy) is 1. The van der Waals surface area contributed by atoms with E-state index >= 15 is 0 Å². The van der Waals surface area contributed by atoms with Gasteiger partial charge in [0.25, 0.3) is 0 Å². The van der Waals surface area contributed by atoms with E-state index in [2.05, 4.69) is 41.2 Å². The largest absolute Gasteiger partial charge is 0.495 e. The number of allylic oxidation sites excluding steroid dienone is 2. The summed E-state index contributed by atoms with van der Waals surface area (Å²) >= 11 is 6.36. The lowest BCUT2D eigenvalue weighted by Crippen LogP contribution is -2.30. The molecule has 0 N–H and O–H groups in total. The first-order valence-electron chi connectivity index (χ1n) is 10.0. The summed E-state index contributed by atoms with van der Waals surface area (Å²) in [5.41, 5.74) is 4.88. The van der Waals surface area contributed by atoms with Crippen LogP contribution in [0.1, 0.15) is 30.0 Å². The van der Waals surface area contributed by atoms with Gasteiger partial charge in [0.05, 0.1) is 24.7 Å². The summed E-state index contributed by atoms with van der Waals surface area (Å²) in [5, 5.41) is 0.622. The van der Waals surface area contributed by atoms with E-state index in [4.69, 9.17) is 21.3 Å². The maximum absolute atomic E-state index is 10.6. The fraction of sp³-hybridized carbons (Fsp3) is 0.391. The Morgan fingerprint density at radius 3 is 2.97 bits per heavy atom. The molecule has 1 unspecified atom stereocenters. The molecule has 1 aromatic rings. The SMILES string of the molecule is COc1cc(C)c(C2CN3C=CC(C4=CCN(CCC=O)CC4)=CC3=N2)cc1Cl. The summed E-state index contributed by atoms with van der Waals surface area (Å²) in [4.78, 5) is 20.1. The van der Waals surface area contributed by atoms with Crippen molar-refractivity contribution < 1.29 is 9.53 Å². The lowest BCUT2D eigenvalue weighted by Gasteiger charge is -2.27. The molecule has 0 aromatic heterocycles. The summed E-state index contributed by atoms with van der Waals surface area (Å²) in [7, 11) is 1.63. The van der Waals surface area contributed by atoms with Gasteiger partial charge in [-0.2, -0.15) is 0 Å². The van der Waals surface area contributed by atoms with E-state index in [9.17, 15) is 4.79 Å². The van der Waals surface area contributed by atoms with Gasteiger partial charge in [-0.15, -0.1) is 0 Å². The van der Waals surface area contributed by atoms with E-state index in [1.54, 1.807) is 7.11 Å². The molecule has 3 aliphatic heterocycles. The Morgan fingerprint density at radius 1 is 1.38 bits per heavy atom. The van der Waals surface area contributed by atoms with Crippen LogP contribution >= 0.6 is 11.6 Å². The van der Waals surface area contributed by atoms with Crippen molar-refractivity contribution in [3.8, 4) is 5.75 Å². The molecule has 29 heavy (non-hydrogen) atoms. The van der Waals surface area contributed by atoms with Gasteiger partial charge in [-0.1, -0.05) is 17.7 Å². The van der Waals surface area contributed by atoms with Crippen LogP contribution in [0.4, 0.5) is 0 Å². The minimum absolute atomic E-state index is 0.0628. The van der Waals surface area contributed by atoms with Gasteiger partial charge in [0.2, 0.25) is 0 Å². The average molecular weight is 412 g/mol. The molecule has 5 nitrogen and oxygen atoms in total. The number of fused-ring (bicyclic) bond motifs is 1. The Balaban J connectivity index is 1.52. The first kappa shape index (κ1) is 19.9. The van der Waals surface area contributed by atoms with Crippen molar-refractivity contribution in [3.05, 3.63) is 63.9 Å². The number of benzene rings is 1. The highest BCUT2D eigenvalue weighted by Crippen LogP contribution is 2.36. The second-order valence-corrected chi connectivity index (χ2v) is 8.06. The number of nitrogens with zero attached hydrogens (tertiary/aromatic N) is 3. The summed E-state index contributed by atoms with van der Waals surface area (Å²) in [6, 6.07) is 4.03. The third kappa shape index (κ3) is 4.16. The average Bonchev–Trinajstić information content (AvgIpc) is 3.17. The molecule has 0 saturated carbocycles. The van der Waals surface area contributed by atoms with Crippen LogP contribution in [0.15, 0.2) is 52.7 Å². The predicted octanol–water partition coefficient (Wildman–Crippen LogP) is 4.09. The third-order valence-corrected chi connectivity index (χ3v) is 6.09. The third-order valence-electron chi connectivity index (χ3n) is 5.80. The van der Waals surface area contributed by atoms with Crippen molar-refractivity contribution >= 4 is 23.7 Å². The lowest BCUT2D eigenvalue weighted by atomic mass is 9.97. The molecular formula is C23H26ClN3O2. The number of aldehydes is 1. The summed E-state index contributed by atoms with van der Waals surface area (Å²) in [6.07, 6.45) is 11.4. The number of methoxy groups -OCH3 is 1. The van der Waals surface area contributed by atoms with Crippen LogP contribution < -0.4 is 4.74 Å². The van der Waals surface area contributed by atoms with Crippen LogP contribution in [-0.4, -0.2) is 55.2 Å². The van der Waals surface area contributed by atoms with E-state index in [-0.39, 0.29) is 6.04 Å². The van der Waals surface area contributed by atoms with E-state index in [1.165, 1.54) is 11.1 Å². The van der Waals surface area contributed by atoms with Crippen LogP contribution in [0.3, 0.4) is 0 Å². The fourth-order valence-electron chi connectivity index (χ4n) is 4.13. The molecule has 3 heterocycles. The van der Waals surface area contributed by atoms with Gasteiger partial charge in [0.1, 0.15) is 17.9 Å². The maximum atomic E-state index is 10.6. The number of carbonyl (C=O) groups excluding carboxylic acids is 1. The predicted molar refractivity (Wildman–Crippen MR) is 117 cm³/mol. The molecule has 0 spiro atoms. The number of halogens is 1. The lowest BCUT2D eigenvalue weighted by molar-refractivity contribution is -0.108. The van der Waals surface area contributed by atoms with Crippen LogP contribution in [0.25, 0.3) is 0 Å². The van der Waals surface area contributed by atoms with Crippen molar-refractivity contribution in [3.63, 3.8) is 0 Å². The number of hydrogen-bond donors (Lipinski definition) is 0. The first-order valence-corrected chi connectivity index (χ1v) is 10.4. The van der Waals surface area contributed by atoms with E-state index < -0.39 is 0 Å². The highest BCUT2D eigenvalue weighted by atomic mass is 35.5. The van der Waals surface area contributed by atoms with Crippen LogP contribution in [-0.2, 0) is 4.79 Å². The van der Waals surface area contributed by atoms with Gasteiger partial charge in [-0.3, -0.25) is 9.89 Å². The standard InChI is InChI=1S/C23H26ClN3O2/c1-16-12-22(29-2)20(24)14-19(16)21-15-27-10-6-18(13-23(27)25-21)17-4-8-26(9-5-17)7-3-11-28/h4,6,10-14,21H,3,5,7-9,15H2,1-2H3. The molecule has 0 amide bonds. The van der Waals surface area contributed by atoms with Gasteiger partial charge >= 0.3 is 0 Å². The van der Waals surface area contributed by atoms with Gasteiger partial charge in [-0.25, -0.2) is 0 Å². The molecule has 4 rings (SSSR count). The number of amidine groups is 1. The molecule has 1 atom stereocenters. The second-order valence-electron chi connectivity index (χ2n) is 7.65. The van der Waals surface area contributed by atoms with Crippen LogP contribution in [0.2, 0.25) is 5.02 Å². The highest BCUT2D eigenvalue weighted by molar-refractivity contribution is 6.32. The number of carbonyl (C=O) groups is 1. The minimum atomic E-state index is 0.0628. The molecule has 0 saturated heterocycles. The molecule has 1 aromatic carbocycles. The van der Waals surface area contributed by atoms with Crippen molar-refractivity contribution in [2.75, 3.05) is 33.3 Å². The Labute approximate surface area is 177 Å². The Kier molecular flexibility index (Phi) is 5.88. The number of rotatable bonds is 6. The van der Waals surface area contributed by atoms with Crippen molar-refractivity contribution in [1.82, 2.24) is 9.80 Å². The summed E-state index contributed by atoms with van der Waals surface area (Å²) < 4.78 is 5.32. The van der Waals surface area contributed by atoms with Gasteiger partial charge in [0, 0.05) is 32.3 Å². The van der Waals surface area contributed by atoms with Crippen molar-refractivity contribution in [1.29, 1.82) is 0 Å². The number of hydrogen-bond acceptors (Lipinski definition) is 5. The van der Waals surface area contributed by atoms with Gasteiger partial charge < -0.3 is 14.4 Å². The maximum Gasteiger partial charge on any atom is 0.137 e. The fourth-order valence-corrected chi connectivity index (χ4v) is 4.38. The molecule has 0 radical (unpaired) electrons. The number of aryl methyl sites for hydroxylation is 1. The zero-order valence-electron chi connectivity index (χ0n) is 16.9. The molecule has 0 fully saturated rings. The van der Waals surface area contributed by atoms with Gasteiger partial charge in [0.15, 0.2) is 0 Å². The Morgan fingerprint density at radius 2 is 2.24 bits per heavy atom. The minimum Gasteiger partial charge on any atom is -0.495 e. The number of aliphatic imine (C=N–C) groups is 1. The Hall–Kier alpha value is -2.37. The second kappa shape index (κ2) is 8.56. The van der Waals surface area contributed by atoms with Crippen molar-refractivity contribution in [2.24, 2.45) is 4.99 Å². The Bertz CT molecular complexity index is 932. The molecule has 152 valence electrons. The smallest absolute Gasteiger partial charge is 0.137 e. The zero-order chi connectivity index (χ0) is 20.4. The molecule has 0 aliphatic carbocycles. The quantitative estimate of drug-likeness (QED) is 0.661. The molecule has 0 bridgehead atoms. The van der Waals surface area contributed by atoms with Crippen LogP contribution in [0, 0.1) is 6.92 Å². The van der Waals surface area contributed by atoms with E-state index in [0.717, 1.165) is 55.8 Å².